The molecule has 0 aliphatic carbocycles. The summed E-state index contributed by atoms with van der Waals surface area (Å²) in [6.45, 7) is 3.40. The Bertz CT molecular complexity index is 1140. The van der Waals surface area contributed by atoms with E-state index >= 15 is 0 Å². The number of aryl methyl sites for hydroxylation is 2. The fraction of sp³-hybridized carbons (Fsp3) is 0.176. The van der Waals surface area contributed by atoms with Crippen molar-refractivity contribution in [2.24, 2.45) is 0 Å². The first-order valence-electron chi connectivity index (χ1n) is 7.51. The number of ether oxygens (including phenoxy) is 1. The normalized spacial score (nSPS) is 11.4. The SMILES string of the molecule is COc1cc(F)cc2c1nnc1c(C)nc(-c3cnc(F)c(C)c3)n12. The van der Waals surface area contributed by atoms with Crippen molar-refractivity contribution < 1.29 is 13.5 Å². The Morgan fingerprint density at radius 1 is 1.08 bits per heavy atom. The zero-order valence-electron chi connectivity index (χ0n) is 13.7. The molecule has 0 atom stereocenters. The van der Waals surface area contributed by atoms with E-state index in [9.17, 15) is 8.78 Å². The lowest BCUT2D eigenvalue weighted by atomic mass is 10.2. The first-order valence-corrected chi connectivity index (χ1v) is 7.51. The van der Waals surface area contributed by atoms with Gasteiger partial charge in [0, 0.05) is 29.5 Å². The third-order valence-electron chi connectivity index (χ3n) is 4.02. The molecular formula is C17H13F2N5O. The summed E-state index contributed by atoms with van der Waals surface area (Å²) in [6, 6.07) is 4.23. The Labute approximate surface area is 141 Å². The number of imidazole rings is 1. The van der Waals surface area contributed by atoms with Crippen molar-refractivity contribution in [2.75, 3.05) is 7.11 Å². The van der Waals surface area contributed by atoms with Crippen LogP contribution >= 0.6 is 0 Å². The summed E-state index contributed by atoms with van der Waals surface area (Å²) in [7, 11) is 1.44. The van der Waals surface area contributed by atoms with E-state index in [2.05, 4.69) is 20.2 Å². The molecule has 8 heteroatoms. The quantitative estimate of drug-likeness (QED) is 0.524. The molecule has 126 valence electrons. The number of benzene rings is 1. The van der Waals surface area contributed by atoms with E-state index in [0.717, 1.165) is 0 Å². The average Bonchev–Trinajstić information content (AvgIpc) is 2.94. The maximum absolute atomic E-state index is 14.0. The molecule has 0 amide bonds. The fourth-order valence-electron chi connectivity index (χ4n) is 2.82. The van der Waals surface area contributed by atoms with E-state index in [1.807, 2.05) is 0 Å². The number of rotatable bonds is 2. The Balaban J connectivity index is 2.15. The van der Waals surface area contributed by atoms with Crippen molar-refractivity contribution in [1.82, 2.24) is 24.6 Å². The maximum Gasteiger partial charge on any atom is 0.215 e. The van der Waals surface area contributed by atoms with E-state index in [0.29, 0.717) is 39.3 Å². The monoisotopic (exact) mass is 341 g/mol. The van der Waals surface area contributed by atoms with E-state index in [-0.39, 0.29) is 5.75 Å². The van der Waals surface area contributed by atoms with Crippen LogP contribution in [0.1, 0.15) is 11.3 Å². The first kappa shape index (κ1) is 15.4. The van der Waals surface area contributed by atoms with Gasteiger partial charge < -0.3 is 4.74 Å². The van der Waals surface area contributed by atoms with Crippen LogP contribution in [-0.4, -0.2) is 31.7 Å². The van der Waals surface area contributed by atoms with Gasteiger partial charge in [-0.25, -0.2) is 14.4 Å². The molecule has 0 N–H and O–H groups in total. The molecule has 3 aromatic heterocycles. The van der Waals surface area contributed by atoms with Crippen LogP contribution in [0, 0.1) is 25.6 Å². The minimum absolute atomic E-state index is 0.273. The molecule has 25 heavy (non-hydrogen) atoms. The molecular weight excluding hydrogens is 328 g/mol. The van der Waals surface area contributed by atoms with Gasteiger partial charge in [0.15, 0.2) is 16.9 Å². The van der Waals surface area contributed by atoms with Gasteiger partial charge in [-0.3, -0.25) is 4.40 Å². The molecule has 0 spiro atoms. The zero-order valence-corrected chi connectivity index (χ0v) is 13.7. The summed E-state index contributed by atoms with van der Waals surface area (Å²) >= 11 is 0. The van der Waals surface area contributed by atoms with Gasteiger partial charge in [-0.05, 0) is 19.9 Å². The predicted octanol–water partition coefficient (Wildman–Crippen LogP) is 3.24. The lowest BCUT2D eigenvalue weighted by Gasteiger charge is -2.08. The van der Waals surface area contributed by atoms with Gasteiger partial charge in [-0.15, -0.1) is 10.2 Å². The Morgan fingerprint density at radius 2 is 1.88 bits per heavy atom. The Morgan fingerprint density at radius 3 is 2.60 bits per heavy atom. The minimum Gasteiger partial charge on any atom is -0.494 e. The second-order valence-electron chi connectivity index (χ2n) is 5.69. The number of nitrogens with zero attached hydrogens (tertiary/aromatic N) is 5. The van der Waals surface area contributed by atoms with Gasteiger partial charge in [-0.2, -0.15) is 4.39 Å². The molecule has 0 saturated carbocycles. The third-order valence-corrected chi connectivity index (χ3v) is 4.02. The van der Waals surface area contributed by atoms with Crippen LogP contribution in [0.25, 0.3) is 28.1 Å². The highest BCUT2D eigenvalue weighted by molar-refractivity contribution is 5.85. The van der Waals surface area contributed by atoms with Crippen LogP contribution in [0.3, 0.4) is 0 Å². The van der Waals surface area contributed by atoms with Crippen LogP contribution in [0.4, 0.5) is 8.78 Å². The van der Waals surface area contributed by atoms with Crippen molar-refractivity contribution in [2.45, 2.75) is 13.8 Å². The summed E-state index contributed by atoms with van der Waals surface area (Å²) in [5.41, 5.74) is 2.95. The van der Waals surface area contributed by atoms with Crippen molar-refractivity contribution >= 4 is 16.7 Å². The van der Waals surface area contributed by atoms with Gasteiger partial charge in [0.25, 0.3) is 0 Å². The molecule has 0 fully saturated rings. The molecule has 0 radical (unpaired) electrons. The van der Waals surface area contributed by atoms with Crippen LogP contribution < -0.4 is 4.74 Å². The topological polar surface area (TPSA) is 65.2 Å². The molecule has 1 aromatic carbocycles. The second-order valence-corrected chi connectivity index (χ2v) is 5.69. The highest BCUT2D eigenvalue weighted by Gasteiger charge is 2.18. The van der Waals surface area contributed by atoms with Crippen molar-refractivity contribution in [3.8, 4) is 17.1 Å². The lowest BCUT2D eigenvalue weighted by Crippen LogP contribution is -2.00. The fourth-order valence-corrected chi connectivity index (χ4v) is 2.82. The van der Waals surface area contributed by atoms with Crippen LogP contribution in [-0.2, 0) is 0 Å². The number of hydrogen-bond donors (Lipinski definition) is 0. The lowest BCUT2D eigenvalue weighted by molar-refractivity contribution is 0.415. The molecule has 3 heterocycles. The van der Waals surface area contributed by atoms with E-state index in [4.69, 9.17) is 4.74 Å². The standard InChI is InChI=1S/C17H13F2N5O/c1-8-4-10(7-20-15(8)19)17-21-9(2)16-23-22-14-12(24(16)17)5-11(18)6-13(14)25-3/h4-7H,1-3H3. The van der Waals surface area contributed by atoms with Crippen LogP contribution in [0.5, 0.6) is 5.75 Å². The highest BCUT2D eigenvalue weighted by atomic mass is 19.1. The number of fused-ring (bicyclic) bond motifs is 3. The summed E-state index contributed by atoms with van der Waals surface area (Å²) in [6.07, 6.45) is 1.39. The first-order chi connectivity index (χ1) is 12.0. The number of halogens is 2. The largest absolute Gasteiger partial charge is 0.494 e. The van der Waals surface area contributed by atoms with Gasteiger partial charge in [0.2, 0.25) is 5.95 Å². The van der Waals surface area contributed by atoms with Crippen molar-refractivity contribution in [3.63, 3.8) is 0 Å². The zero-order chi connectivity index (χ0) is 17.7. The highest BCUT2D eigenvalue weighted by Crippen LogP contribution is 2.30. The molecule has 0 unspecified atom stereocenters. The predicted molar refractivity (Wildman–Crippen MR) is 87.5 cm³/mol. The van der Waals surface area contributed by atoms with Gasteiger partial charge in [0.05, 0.1) is 18.3 Å². The number of hydrogen-bond acceptors (Lipinski definition) is 5. The number of pyridine rings is 1. The average molecular weight is 341 g/mol. The molecule has 0 saturated heterocycles. The molecule has 6 nitrogen and oxygen atoms in total. The van der Waals surface area contributed by atoms with E-state index in [1.54, 1.807) is 24.3 Å². The smallest absolute Gasteiger partial charge is 0.215 e. The summed E-state index contributed by atoms with van der Waals surface area (Å²) in [4.78, 5) is 8.25. The van der Waals surface area contributed by atoms with E-state index in [1.165, 1.54) is 25.4 Å². The van der Waals surface area contributed by atoms with Gasteiger partial charge >= 0.3 is 0 Å². The molecule has 4 rings (SSSR count). The van der Waals surface area contributed by atoms with Crippen molar-refractivity contribution in [1.29, 1.82) is 0 Å². The molecule has 0 bridgehead atoms. The van der Waals surface area contributed by atoms with Gasteiger partial charge in [0.1, 0.15) is 11.6 Å². The maximum atomic E-state index is 14.0. The van der Waals surface area contributed by atoms with Gasteiger partial charge in [-0.1, -0.05) is 0 Å². The third kappa shape index (κ3) is 2.29. The second kappa shape index (κ2) is 5.44. The molecule has 0 aliphatic rings. The Kier molecular flexibility index (Phi) is 3.34. The van der Waals surface area contributed by atoms with Crippen LogP contribution in [0.15, 0.2) is 24.4 Å². The molecule has 0 aliphatic heterocycles. The van der Waals surface area contributed by atoms with Crippen LogP contribution in [0.2, 0.25) is 0 Å². The minimum atomic E-state index is -0.543. The molecule has 4 aromatic rings. The summed E-state index contributed by atoms with van der Waals surface area (Å²) in [5, 5.41) is 8.33. The number of aromatic nitrogens is 5. The van der Waals surface area contributed by atoms with Crippen molar-refractivity contribution in [3.05, 3.63) is 47.4 Å². The number of methoxy groups -OCH3 is 1. The summed E-state index contributed by atoms with van der Waals surface area (Å²) < 4.78 is 34.4. The van der Waals surface area contributed by atoms with E-state index < -0.39 is 11.8 Å². The summed E-state index contributed by atoms with van der Waals surface area (Å²) in [5.74, 6) is -0.256. The Hall–Kier alpha value is -3.16.